The average Bonchev–Trinajstić information content (AvgIpc) is 2.56. The zero-order chi connectivity index (χ0) is 17.9. The summed E-state index contributed by atoms with van der Waals surface area (Å²) >= 11 is 0. The van der Waals surface area contributed by atoms with E-state index in [0.717, 1.165) is 18.6 Å². The van der Waals surface area contributed by atoms with E-state index in [2.05, 4.69) is 9.84 Å². The molecule has 6 heteroatoms. The number of carbonyl (C=O) groups excluding carboxylic acids is 1. The van der Waals surface area contributed by atoms with E-state index < -0.39 is 29.6 Å². The molecule has 0 fully saturated rings. The van der Waals surface area contributed by atoms with Crippen LogP contribution in [0, 0.1) is 18.2 Å². The van der Waals surface area contributed by atoms with Crippen LogP contribution in [0.2, 0.25) is 0 Å². The predicted molar refractivity (Wildman–Crippen MR) is 86.5 cm³/mol. The van der Waals surface area contributed by atoms with Crippen LogP contribution in [0.5, 0.6) is 0 Å². The number of hydrogen-bond donors (Lipinski definition) is 0. The fourth-order valence-electron chi connectivity index (χ4n) is 2.92. The third kappa shape index (κ3) is 3.21. The molecule has 1 aromatic rings. The number of rotatable bonds is 4. The minimum Gasteiger partial charge on any atom is -0.466 e. The van der Waals surface area contributed by atoms with Gasteiger partial charge in [0.2, 0.25) is 0 Å². The molecule has 0 amide bonds. The molecule has 0 bridgehead atoms. The number of ether oxygens (including phenoxy) is 1. The van der Waals surface area contributed by atoms with Gasteiger partial charge in [-0.3, -0.25) is 4.99 Å². The maximum atomic E-state index is 13.7. The number of halogens is 2. The molecule has 126 valence electrons. The van der Waals surface area contributed by atoms with E-state index in [9.17, 15) is 13.6 Å². The van der Waals surface area contributed by atoms with Crippen molar-refractivity contribution < 1.29 is 18.3 Å². The van der Waals surface area contributed by atoms with E-state index >= 15 is 0 Å². The largest absolute Gasteiger partial charge is 0.466 e. The Hall–Kier alpha value is -2.55. The van der Waals surface area contributed by atoms with Gasteiger partial charge in [-0.1, -0.05) is 19.4 Å². The van der Waals surface area contributed by atoms with E-state index in [1.807, 2.05) is 6.92 Å². The number of hydrogen-bond acceptors (Lipinski definition) is 3. The Bertz CT molecular complexity index is 763. The number of esters is 1. The van der Waals surface area contributed by atoms with Gasteiger partial charge in [-0.2, -0.15) is 0 Å². The number of nitrogens with zero attached hydrogens (tertiary/aromatic N) is 2. The molecule has 0 N–H and O–H groups in total. The van der Waals surface area contributed by atoms with Gasteiger partial charge in [0.15, 0.2) is 11.6 Å². The summed E-state index contributed by atoms with van der Waals surface area (Å²) in [5.74, 6) is -3.32. The molecule has 4 nitrogen and oxygen atoms in total. The van der Waals surface area contributed by atoms with Crippen LogP contribution in [0.4, 0.5) is 8.78 Å². The van der Waals surface area contributed by atoms with Gasteiger partial charge in [0, 0.05) is 0 Å². The topological polar surface area (TPSA) is 43.0 Å². The van der Waals surface area contributed by atoms with Crippen LogP contribution in [-0.2, 0) is 9.53 Å². The van der Waals surface area contributed by atoms with Crippen molar-refractivity contribution in [1.29, 1.82) is 0 Å². The van der Waals surface area contributed by atoms with E-state index in [1.165, 1.54) is 13.2 Å². The van der Waals surface area contributed by atoms with Gasteiger partial charge in [0.05, 0.1) is 30.0 Å². The number of benzene rings is 1. The highest BCUT2D eigenvalue weighted by Crippen LogP contribution is 2.39. The molecule has 1 aromatic carbocycles. The first-order chi connectivity index (χ1) is 11.4. The van der Waals surface area contributed by atoms with E-state index in [1.54, 1.807) is 6.92 Å². The molecule has 2 atom stereocenters. The fraction of sp³-hybridized carbons (Fsp3) is 0.389. The summed E-state index contributed by atoms with van der Waals surface area (Å²) < 4.78 is 31.8. The van der Waals surface area contributed by atoms with Crippen LogP contribution < -0.4 is 0 Å². The highest BCUT2D eigenvalue weighted by Gasteiger charge is 2.42. The Balaban J connectivity index is 2.69. The third-order valence-corrected chi connectivity index (χ3v) is 4.01. The van der Waals surface area contributed by atoms with Crippen LogP contribution in [0.15, 0.2) is 34.5 Å². The highest BCUT2D eigenvalue weighted by molar-refractivity contribution is 5.99. The van der Waals surface area contributed by atoms with Crippen LogP contribution in [-0.4, -0.2) is 24.8 Å². The van der Waals surface area contributed by atoms with Crippen molar-refractivity contribution in [2.24, 2.45) is 4.99 Å². The van der Waals surface area contributed by atoms with Crippen molar-refractivity contribution in [2.45, 2.75) is 38.6 Å². The Labute approximate surface area is 139 Å². The zero-order valence-corrected chi connectivity index (χ0v) is 13.8. The van der Waals surface area contributed by atoms with Crippen molar-refractivity contribution in [1.82, 2.24) is 0 Å². The lowest BCUT2D eigenvalue weighted by molar-refractivity contribution is -0.136. The van der Waals surface area contributed by atoms with E-state index in [0.29, 0.717) is 23.4 Å². The minimum absolute atomic E-state index is 0.247. The molecule has 2 unspecified atom stereocenters. The number of allylic oxidation sites excluding steroid dienone is 1. The quantitative estimate of drug-likeness (QED) is 0.617. The number of aliphatic imine (C=N–C) groups is 1. The Kier molecular flexibility index (Phi) is 5.45. The molecule has 1 aliphatic heterocycles. The average molecular weight is 332 g/mol. The first kappa shape index (κ1) is 17.8. The monoisotopic (exact) mass is 332 g/mol. The fourth-order valence-corrected chi connectivity index (χ4v) is 2.92. The normalized spacial score (nSPS) is 20.4. The Morgan fingerprint density at radius 1 is 1.38 bits per heavy atom. The molecule has 0 radical (unpaired) electrons. The van der Waals surface area contributed by atoms with Crippen molar-refractivity contribution in [3.63, 3.8) is 0 Å². The smallest absolute Gasteiger partial charge is 0.336 e. The van der Waals surface area contributed by atoms with Crippen LogP contribution in [0.3, 0.4) is 0 Å². The van der Waals surface area contributed by atoms with Gasteiger partial charge in [0.1, 0.15) is 0 Å². The number of methoxy groups -OCH3 is 1. The molecular formula is C18H18F2N2O2. The van der Waals surface area contributed by atoms with E-state index in [4.69, 9.17) is 11.3 Å². The summed E-state index contributed by atoms with van der Waals surface area (Å²) in [4.78, 5) is 20.3. The summed E-state index contributed by atoms with van der Waals surface area (Å²) in [5, 5.41) is 0. The minimum atomic E-state index is -1.02. The van der Waals surface area contributed by atoms with Gasteiger partial charge in [-0.05, 0) is 31.0 Å². The predicted octanol–water partition coefficient (Wildman–Crippen LogP) is 4.04. The number of carbonyl (C=O) groups is 1. The second-order valence-electron chi connectivity index (χ2n) is 5.58. The van der Waals surface area contributed by atoms with Crippen LogP contribution >= 0.6 is 0 Å². The second kappa shape index (κ2) is 7.35. The lowest BCUT2D eigenvalue weighted by Gasteiger charge is -2.26. The van der Waals surface area contributed by atoms with Gasteiger partial charge in [-0.25, -0.2) is 20.1 Å². The summed E-state index contributed by atoms with van der Waals surface area (Å²) in [7, 11) is 1.25. The Morgan fingerprint density at radius 3 is 2.62 bits per heavy atom. The van der Waals surface area contributed by atoms with Gasteiger partial charge in [0.25, 0.3) is 6.04 Å². The van der Waals surface area contributed by atoms with Crippen molar-refractivity contribution >= 4 is 11.7 Å². The molecule has 1 heterocycles. The lowest BCUT2D eigenvalue weighted by atomic mass is 9.79. The summed E-state index contributed by atoms with van der Waals surface area (Å²) in [6, 6.07) is 2.67. The molecule has 1 aliphatic rings. The standard InChI is InChI=1S/C18H18F2N2O2/c1-5-6-14-16(18(23)24-4)15(17(21-3)10(2)22-14)11-7-8-12(19)13(20)9-11/h7-9,15,17H,5-6H2,1-2,4H3. The van der Waals surface area contributed by atoms with Crippen LogP contribution in [0.1, 0.15) is 38.2 Å². The highest BCUT2D eigenvalue weighted by atomic mass is 19.2. The van der Waals surface area contributed by atoms with Crippen molar-refractivity contribution in [3.05, 3.63) is 58.1 Å². The zero-order valence-electron chi connectivity index (χ0n) is 13.8. The molecule has 0 saturated carbocycles. The summed E-state index contributed by atoms with van der Waals surface area (Å²) in [6.07, 6.45) is 1.28. The van der Waals surface area contributed by atoms with Crippen LogP contribution in [0.25, 0.3) is 4.85 Å². The van der Waals surface area contributed by atoms with Gasteiger partial charge < -0.3 is 9.58 Å². The van der Waals surface area contributed by atoms with E-state index in [-0.39, 0.29) is 5.57 Å². The van der Waals surface area contributed by atoms with Crippen molar-refractivity contribution in [2.75, 3.05) is 7.11 Å². The Morgan fingerprint density at radius 2 is 2.08 bits per heavy atom. The van der Waals surface area contributed by atoms with Crippen molar-refractivity contribution in [3.8, 4) is 0 Å². The van der Waals surface area contributed by atoms with Gasteiger partial charge >= 0.3 is 5.97 Å². The molecule has 2 rings (SSSR count). The summed E-state index contributed by atoms with van der Waals surface area (Å²) in [5.41, 5.74) is 1.70. The molecule has 0 saturated heterocycles. The summed E-state index contributed by atoms with van der Waals surface area (Å²) in [6.45, 7) is 11.1. The molecule has 0 spiro atoms. The molecular weight excluding hydrogens is 314 g/mol. The molecule has 24 heavy (non-hydrogen) atoms. The third-order valence-electron chi connectivity index (χ3n) is 4.01. The maximum Gasteiger partial charge on any atom is 0.336 e. The molecule has 0 aliphatic carbocycles. The first-order valence-electron chi connectivity index (χ1n) is 7.62. The lowest BCUT2D eigenvalue weighted by Crippen LogP contribution is -2.32. The van der Waals surface area contributed by atoms with Gasteiger partial charge in [-0.15, -0.1) is 0 Å². The maximum absolute atomic E-state index is 13.7. The SMILES string of the molecule is [C-]#[N+]C1C(C)=NC(CCC)=C(C(=O)OC)C1c1ccc(F)c(F)c1. The first-order valence-corrected chi connectivity index (χ1v) is 7.62. The second-order valence-corrected chi connectivity index (χ2v) is 5.58. The molecule has 0 aromatic heterocycles.